The quantitative estimate of drug-likeness (QED) is 0.295. The van der Waals surface area contributed by atoms with Crippen LogP contribution >= 0.6 is 0 Å². The second kappa shape index (κ2) is 8.30. The minimum absolute atomic E-state index is 0.0850. The van der Waals surface area contributed by atoms with E-state index < -0.39 is 60.9 Å². The molecule has 2 heterocycles. The van der Waals surface area contributed by atoms with Crippen LogP contribution in [0.25, 0.3) is 11.0 Å². The van der Waals surface area contributed by atoms with Crippen molar-refractivity contribution in [3.8, 4) is 5.75 Å². The zero-order valence-electron chi connectivity index (χ0n) is 15.8. The van der Waals surface area contributed by atoms with Crippen LogP contribution in [0.3, 0.4) is 0 Å². The van der Waals surface area contributed by atoms with Crippen molar-refractivity contribution in [2.45, 2.75) is 49.7 Å². The van der Waals surface area contributed by atoms with Gasteiger partial charge >= 0.3 is 17.4 Å². The van der Waals surface area contributed by atoms with Crippen LogP contribution in [0.4, 0.5) is 0 Å². The second-order valence-electron chi connectivity index (χ2n) is 7.15. The summed E-state index contributed by atoms with van der Waals surface area (Å²) in [7, 11) is 0. The fraction of sp³-hybridized carbons (Fsp3) is 0.474. The smallest absolute Gasteiger partial charge is 0.377 e. The molecule has 0 saturated carbocycles. The van der Waals surface area contributed by atoms with Gasteiger partial charge < -0.3 is 44.5 Å². The van der Waals surface area contributed by atoms with Crippen molar-refractivity contribution in [1.82, 2.24) is 0 Å². The van der Waals surface area contributed by atoms with Crippen molar-refractivity contribution in [3.05, 3.63) is 40.2 Å². The number of aryl methyl sites for hydroxylation is 1. The summed E-state index contributed by atoms with van der Waals surface area (Å²) in [5, 5.41) is 59.4. The molecule has 0 radical (unpaired) electrons. The van der Waals surface area contributed by atoms with Crippen LogP contribution in [0.15, 0.2) is 33.5 Å². The third-order valence-electron chi connectivity index (χ3n) is 4.98. The molecule has 1 aliphatic rings. The lowest BCUT2D eigenvalue weighted by molar-refractivity contribution is -0.303. The summed E-state index contributed by atoms with van der Waals surface area (Å²) in [6, 6.07) is 5.49. The average molecular weight is 426 g/mol. The number of benzene rings is 1. The van der Waals surface area contributed by atoms with Crippen LogP contribution in [0, 0.1) is 6.92 Å². The number of hydrogen-bond donors (Lipinski definition) is 6. The summed E-state index contributed by atoms with van der Waals surface area (Å²) in [6.45, 7) is 0.798. The molecule has 6 atom stereocenters. The topological polar surface area (TPSA) is 187 Å². The fourth-order valence-electron chi connectivity index (χ4n) is 3.36. The molecule has 1 aromatic carbocycles. The molecule has 1 fully saturated rings. The molecule has 0 unspecified atom stereocenters. The molecule has 11 heteroatoms. The standard InChI is InChI=1S/C19H22O11/c1-8-4-14(23)28-13-5-9(2-3-10(8)13)29-19(18(26)27)6-11(21)15(24)17(30-19)16(25)12(22)7-20/h2-5,11-12,15-17,20-22,24-25H,6-7H2,1H3,(H,26,27)/t11-,12+,15+,16+,17+,19+/m0/s1. The molecule has 3 rings (SSSR count). The van der Waals surface area contributed by atoms with Gasteiger partial charge in [-0.15, -0.1) is 0 Å². The molecule has 2 aromatic rings. The van der Waals surface area contributed by atoms with Crippen molar-refractivity contribution in [2.24, 2.45) is 0 Å². The minimum Gasteiger partial charge on any atom is -0.476 e. The van der Waals surface area contributed by atoms with E-state index in [1.807, 2.05) is 0 Å². The van der Waals surface area contributed by atoms with Crippen LogP contribution < -0.4 is 10.4 Å². The number of aliphatic hydroxyl groups is 5. The first-order valence-corrected chi connectivity index (χ1v) is 9.06. The molecule has 1 aliphatic heterocycles. The van der Waals surface area contributed by atoms with Gasteiger partial charge in [-0.25, -0.2) is 9.59 Å². The number of carboxylic acid groups (broad SMARTS) is 1. The predicted molar refractivity (Wildman–Crippen MR) is 98.8 cm³/mol. The maximum atomic E-state index is 12.0. The second-order valence-corrected chi connectivity index (χ2v) is 7.15. The SMILES string of the molecule is Cc1cc(=O)oc2cc(O[C@]3(C(=O)O)C[C@H](O)[C@@H](O)[C@H]([C@H](O)[C@H](O)CO)O3)ccc12. The van der Waals surface area contributed by atoms with Gasteiger partial charge in [-0.2, -0.15) is 0 Å². The van der Waals surface area contributed by atoms with Gasteiger partial charge in [0.1, 0.15) is 35.7 Å². The Morgan fingerprint density at radius 3 is 2.63 bits per heavy atom. The van der Waals surface area contributed by atoms with Crippen LogP contribution in [0.1, 0.15) is 12.0 Å². The van der Waals surface area contributed by atoms with E-state index in [1.54, 1.807) is 6.92 Å². The van der Waals surface area contributed by atoms with Gasteiger partial charge in [-0.1, -0.05) is 0 Å². The molecule has 1 aromatic heterocycles. The van der Waals surface area contributed by atoms with E-state index in [1.165, 1.54) is 24.3 Å². The molecule has 30 heavy (non-hydrogen) atoms. The highest BCUT2D eigenvalue weighted by Gasteiger charge is 2.56. The minimum atomic E-state index is -2.54. The maximum absolute atomic E-state index is 12.0. The van der Waals surface area contributed by atoms with Crippen molar-refractivity contribution in [2.75, 3.05) is 6.61 Å². The molecular formula is C19H22O11. The predicted octanol–water partition coefficient (Wildman–Crippen LogP) is -1.51. The number of hydrogen-bond acceptors (Lipinski definition) is 10. The highest BCUT2D eigenvalue weighted by atomic mass is 16.7. The zero-order valence-corrected chi connectivity index (χ0v) is 15.8. The molecular weight excluding hydrogens is 404 g/mol. The van der Waals surface area contributed by atoms with Gasteiger partial charge in [0, 0.05) is 17.5 Å². The summed E-state index contributed by atoms with van der Waals surface area (Å²) in [5.41, 5.74) is 0.148. The van der Waals surface area contributed by atoms with Crippen molar-refractivity contribution in [3.63, 3.8) is 0 Å². The Bertz CT molecular complexity index is 986. The Hall–Kier alpha value is -2.54. The van der Waals surface area contributed by atoms with E-state index in [2.05, 4.69) is 0 Å². The lowest BCUT2D eigenvalue weighted by Gasteiger charge is -2.44. The number of aliphatic carboxylic acids is 1. The number of ether oxygens (including phenoxy) is 2. The van der Waals surface area contributed by atoms with E-state index in [0.717, 1.165) is 0 Å². The Morgan fingerprint density at radius 1 is 1.30 bits per heavy atom. The Balaban J connectivity index is 1.99. The summed E-state index contributed by atoms with van der Waals surface area (Å²) < 4.78 is 15.9. The molecule has 0 bridgehead atoms. The van der Waals surface area contributed by atoms with Gasteiger partial charge in [0.25, 0.3) is 0 Å². The van der Waals surface area contributed by atoms with Gasteiger partial charge in [-0.3, -0.25) is 0 Å². The van der Waals surface area contributed by atoms with Crippen molar-refractivity contribution >= 4 is 16.9 Å². The Morgan fingerprint density at radius 2 is 2.00 bits per heavy atom. The molecule has 0 spiro atoms. The largest absolute Gasteiger partial charge is 0.476 e. The van der Waals surface area contributed by atoms with E-state index >= 15 is 0 Å². The number of carboxylic acids is 1. The molecule has 164 valence electrons. The van der Waals surface area contributed by atoms with Crippen molar-refractivity contribution in [1.29, 1.82) is 0 Å². The summed E-state index contributed by atoms with van der Waals surface area (Å²) in [5.74, 6) is -4.30. The van der Waals surface area contributed by atoms with Crippen LogP contribution in [-0.4, -0.2) is 79.5 Å². The molecule has 0 amide bonds. The monoisotopic (exact) mass is 426 g/mol. The summed E-state index contributed by atoms with van der Waals surface area (Å²) in [6.07, 6.45) is -9.63. The van der Waals surface area contributed by atoms with E-state index in [-0.39, 0.29) is 11.3 Å². The third-order valence-corrected chi connectivity index (χ3v) is 4.98. The normalized spacial score (nSPS) is 28.8. The average Bonchev–Trinajstić information content (AvgIpc) is 2.68. The number of carbonyl (C=O) groups is 1. The molecule has 11 nitrogen and oxygen atoms in total. The Kier molecular flexibility index (Phi) is 6.13. The van der Waals surface area contributed by atoms with Crippen LogP contribution in [-0.2, 0) is 9.53 Å². The van der Waals surface area contributed by atoms with E-state index in [4.69, 9.17) is 19.0 Å². The molecule has 0 aliphatic carbocycles. The number of aliphatic hydroxyl groups excluding tert-OH is 5. The lowest BCUT2D eigenvalue weighted by atomic mass is 9.90. The maximum Gasteiger partial charge on any atom is 0.377 e. The van der Waals surface area contributed by atoms with Gasteiger partial charge in [-0.05, 0) is 24.6 Å². The summed E-state index contributed by atoms with van der Waals surface area (Å²) >= 11 is 0. The first-order valence-electron chi connectivity index (χ1n) is 9.06. The molecule has 6 N–H and O–H groups in total. The highest BCUT2D eigenvalue weighted by molar-refractivity contribution is 5.82. The number of rotatable bonds is 6. The van der Waals surface area contributed by atoms with E-state index in [9.17, 15) is 35.1 Å². The van der Waals surface area contributed by atoms with Crippen molar-refractivity contribution < 1.29 is 49.3 Å². The number of fused-ring (bicyclic) bond motifs is 1. The van der Waals surface area contributed by atoms with Gasteiger partial charge in [0.15, 0.2) is 0 Å². The first kappa shape index (κ1) is 22.2. The summed E-state index contributed by atoms with van der Waals surface area (Å²) in [4.78, 5) is 23.6. The molecule has 1 saturated heterocycles. The van der Waals surface area contributed by atoms with E-state index in [0.29, 0.717) is 10.9 Å². The van der Waals surface area contributed by atoms with Crippen LogP contribution in [0.2, 0.25) is 0 Å². The first-order chi connectivity index (χ1) is 14.1. The van der Waals surface area contributed by atoms with Crippen LogP contribution in [0.5, 0.6) is 5.75 Å². The third kappa shape index (κ3) is 4.03. The lowest BCUT2D eigenvalue weighted by Crippen LogP contribution is -2.65. The Labute approximate surface area is 169 Å². The highest BCUT2D eigenvalue weighted by Crippen LogP contribution is 2.35. The fourth-order valence-corrected chi connectivity index (χ4v) is 3.36. The zero-order chi connectivity index (χ0) is 22.2. The van der Waals surface area contributed by atoms with Gasteiger partial charge in [0.2, 0.25) is 0 Å². The van der Waals surface area contributed by atoms with Gasteiger partial charge in [0.05, 0.1) is 19.1 Å².